The minimum absolute atomic E-state index is 0.0430. The fourth-order valence-electron chi connectivity index (χ4n) is 4.67. The van der Waals surface area contributed by atoms with Gasteiger partial charge in [-0.25, -0.2) is 0 Å². The predicted molar refractivity (Wildman–Crippen MR) is 68.1 cm³/mol. The minimum atomic E-state index is -0.453. The Morgan fingerprint density at radius 1 is 1.44 bits per heavy atom. The zero-order valence-corrected chi connectivity index (χ0v) is 11.8. The van der Waals surface area contributed by atoms with Crippen molar-refractivity contribution >= 4 is 5.78 Å². The molecule has 1 heterocycles. The Morgan fingerprint density at radius 3 is 2.72 bits per heavy atom. The lowest BCUT2D eigenvalue weighted by Crippen LogP contribution is -2.53. The number of ether oxygens (including phenoxy) is 1. The van der Waals surface area contributed by atoms with E-state index >= 15 is 0 Å². The third kappa shape index (κ3) is 1.30. The van der Waals surface area contributed by atoms with Crippen molar-refractivity contribution in [2.75, 3.05) is 0 Å². The summed E-state index contributed by atoms with van der Waals surface area (Å²) >= 11 is 0. The van der Waals surface area contributed by atoms with E-state index in [4.69, 9.17) is 4.74 Å². The van der Waals surface area contributed by atoms with Crippen LogP contribution in [0.5, 0.6) is 0 Å². The number of fused-ring (bicyclic) bond motifs is 3. The molecule has 0 bridgehead atoms. The molecular formula is C15H24O3. The van der Waals surface area contributed by atoms with Gasteiger partial charge in [0.1, 0.15) is 17.5 Å². The smallest absolute Gasteiger partial charge is 0.144 e. The molecule has 0 unspecified atom stereocenters. The molecule has 0 aromatic heterocycles. The van der Waals surface area contributed by atoms with Crippen LogP contribution in [-0.4, -0.2) is 28.7 Å². The Morgan fingerprint density at radius 2 is 2.11 bits per heavy atom. The van der Waals surface area contributed by atoms with E-state index < -0.39 is 11.7 Å². The largest absolute Gasteiger partial charge is 0.390 e. The summed E-state index contributed by atoms with van der Waals surface area (Å²) in [6, 6.07) is 0. The van der Waals surface area contributed by atoms with Gasteiger partial charge in [-0.3, -0.25) is 4.79 Å². The molecule has 0 radical (unpaired) electrons. The van der Waals surface area contributed by atoms with Crippen LogP contribution in [0.25, 0.3) is 0 Å². The van der Waals surface area contributed by atoms with Gasteiger partial charge in [0.2, 0.25) is 0 Å². The van der Waals surface area contributed by atoms with Crippen molar-refractivity contribution < 1.29 is 14.6 Å². The van der Waals surface area contributed by atoms with E-state index in [1.807, 2.05) is 20.8 Å². The van der Waals surface area contributed by atoms with E-state index in [-0.39, 0.29) is 17.4 Å². The number of carbonyl (C=O) groups excluding carboxylic acids is 1. The Balaban J connectivity index is 2.02. The highest BCUT2D eigenvalue weighted by Crippen LogP contribution is 2.66. The van der Waals surface area contributed by atoms with Crippen molar-refractivity contribution in [3.63, 3.8) is 0 Å². The third-order valence-electron chi connectivity index (χ3n) is 5.79. The highest BCUT2D eigenvalue weighted by Gasteiger charge is 2.75. The maximum Gasteiger partial charge on any atom is 0.144 e. The number of ketones is 1. The lowest BCUT2D eigenvalue weighted by atomic mass is 9.59. The van der Waals surface area contributed by atoms with Crippen molar-refractivity contribution in [2.45, 2.75) is 64.8 Å². The molecule has 18 heavy (non-hydrogen) atoms. The Labute approximate surface area is 109 Å². The summed E-state index contributed by atoms with van der Waals surface area (Å²) in [5.41, 5.74) is -0.757. The highest BCUT2D eigenvalue weighted by molar-refractivity contribution is 5.89. The summed E-state index contributed by atoms with van der Waals surface area (Å²) in [4.78, 5) is 12.8. The van der Waals surface area contributed by atoms with E-state index in [1.165, 1.54) is 0 Å². The number of carbonyl (C=O) groups is 1. The molecule has 2 aliphatic carbocycles. The van der Waals surface area contributed by atoms with Crippen LogP contribution in [0.2, 0.25) is 0 Å². The molecule has 102 valence electrons. The molecule has 3 rings (SSSR count). The Kier molecular flexibility index (Phi) is 2.50. The number of aliphatic hydroxyl groups is 1. The minimum Gasteiger partial charge on any atom is -0.390 e. The topological polar surface area (TPSA) is 49.8 Å². The van der Waals surface area contributed by atoms with Crippen molar-refractivity contribution in [3.8, 4) is 0 Å². The SMILES string of the molecule is CC(C)C(=O)[C@@]12CC[C@@H](C)[C@@H]1C[C@@H](O)[C@@]1(C)O[C@H]12. The van der Waals surface area contributed by atoms with E-state index in [1.54, 1.807) is 0 Å². The molecule has 2 saturated carbocycles. The Bertz CT molecular complexity index is 391. The van der Waals surface area contributed by atoms with Crippen LogP contribution in [0.4, 0.5) is 0 Å². The molecule has 0 spiro atoms. The summed E-state index contributed by atoms with van der Waals surface area (Å²) in [6.45, 7) is 8.17. The summed E-state index contributed by atoms with van der Waals surface area (Å²) < 4.78 is 5.84. The van der Waals surface area contributed by atoms with Gasteiger partial charge in [0.05, 0.1) is 11.5 Å². The molecule has 0 aromatic rings. The number of epoxide rings is 1. The number of hydrogen-bond acceptors (Lipinski definition) is 3. The van der Waals surface area contributed by atoms with Crippen LogP contribution in [-0.2, 0) is 9.53 Å². The van der Waals surface area contributed by atoms with E-state index in [0.29, 0.717) is 17.6 Å². The van der Waals surface area contributed by atoms with Gasteiger partial charge >= 0.3 is 0 Å². The second kappa shape index (κ2) is 3.57. The molecule has 0 amide bonds. The first kappa shape index (κ1) is 12.6. The van der Waals surface area contributed by atoms with Crippen molar-refractivity contribution in [1.82, 2.24) is 0 Å². The summed E-state index contributed by atoms with van der Waals surface area (Å²) in [5, 5.41) is 10.2. The zero-order valence-electron chi connectivity index (χ0n) is 11.8. The van der Waals surface area contributed by atoms with Gasteiger partial charge in [-0.05, 0) is 38.0 Å². The normalized spacial score (nSPS) is 54.1. The maximum absolute atomic E-state index is 12.8. The van der Waals surface area contributed by atoms with Crippen molar-refractivity contribution in [3.05, 3.63) is 0 Å². The monoisotopic (exact) mass is 252 g/mol. The van der Waals surface area contributed by atoms with Gasteiger partial charge in [0, 0.05) is 5.92 Å². The quantitative estimate of drug-likeness (QED) is 0.766. The lowest BCUT2D eigenvalue weighted by molar-refractivity contribution is -0.138. The van der Waals surface area contributed by atoms with Gasteiger partial charge in [-0.2, -0.15) is 0 Å². The maximum atomic E-state index is 12.8. The summed E-state index contributed by atoms with van der Waals surface area (Å²) in [7, 11) is 0. The van der Waals surface area contributed by atoms with Crippen LogP contribution >= 0.6 is 0 Å². The highest BCUT2D eigenvalue weighted by atomic mass is 16.6. The zero-order chi connectivity index (χ0) is 13.3. The number of aliphatic hydroxyl groups excluding tert-OH is 1. The third-order valence-corrected chi connectivity index (χ3v) is 5.79. The van der Waals surface area contributed by atoms with E-state index in [9.17, 15) is 9.90 Å². The molecule has 1 aliphatic heterocycles. The standard InChI is InChI=1S/C15H24O3/c1-8(2)12(17)15-6-5-9(3)10(15)7-11(16)14(4)13(15)18-14/h8-11,13,16H,5-7H2,1-4H3/t9-,10+,11-,13-,14-,15-/m1/s1. The summed E-state index contributed by atoms with van der Waals surface area (Å²) in [5.74, 6) is 1.25. The first-order valence-electron chi connectivity index (χ1n) is 7.24. The van der Waals surface area contributed by atoms with Gasteiger partial charge in [-0.1, -0.05) is 20.8 Å². The summed E-state index contributed by atoms with van der Waals surface area (Å²) in [6.07, 6.45) is 2.32. The lowest BCUT2D eigenvalue weighted by Gasteiger charge is -2.42. The molecule has 3 heteroatoms. The van der Waals surface area contributed by atoms with Gasteiger partial charge in [0.15, 0.2) is 0 Å². The predicted octanol–water partition coefficient (Wildman–Crippen LogP) is 2.17. The molecule has 3 nitrogen and oxygen atoms in total. The number of hydrogen-bond donors (Lipinski definition) is 1. The number of rotatable bonds is 2. The Hall–Kier alpha value is -0.410. The fraction of sp³-hybridized carbons (Fsp3) is 0.933. The molecule has 3 aliphatic rings. The van der Waals surface area contributed by atoms with Crippen molar-refractivity contribution in [1.29, 1.82) is 0 Å². The van der Waals surface area contributed by atoms with Crippen LogP contribution in [0.1, 0.15) is 47.0 Å². The van der Waals surface area contributed by atoms with E-state index in [0.717, 1.165) is 19.3 Å². The molecule has 1 N–H and O–H groups in total. The van der Waals surface area contributed by atoms with Gasteiger partial charge < -0.3 is 9.84 Å². The second-order valence-electron chi connectivity index (χ2n) is 7.12. The number of Topliss-reactive ketones (excluding diaryl/α,β-unsaturated/α-hetero) is 1. The first-order chi connectivity index (χ1) is 8.34. The van der Waals surface area contributed by atoms with Crippen LogP contribution in [0.3, 0.4) is 0 Å². The average Bonchev–Trinajstić information content (AvgIpc) is 2.92. The molecular weight excluding hydrogens is 228 g/mol. The average molecular weight is 252 g/mol. The second-order valence-corrected chi connectivity index (χ2v) is 7.12. The van der Waals surface area contributed by atoms with Crippen LogP contribution in [0, 0.1) is 23.2 Å². The fourth-order valence-corrected chi connectivity index (χ4v) is 4.67. The molecule has 0 aromatic carbocycles. The van der Waals surface area contributed by atoms with Gasteiger partial charge in [0.25, 0.3) is 0 Å². The van der Waals surface area contributed by atoms with E-state index in [2.05, 4.69) is 6.92 Å². The molecule has 6 atom stereocenters. The van der Waals surface area contributed by atoms with Crippen LogP contribution < -0.4 is 0 Å². The van der Waals surface area contributed by atoms with Crippen LogP contribution in [0.15, 0.2) is 0 Å². The van der Waals surface area contributed by atoms with Gasteiger partial charge in [-0.15, -0.1) is 0 Å². The molecule has 3 fully saturated rings. The first-order valence-corrected chi connectivity index (χ1v) is 7.24. The molecule has 1 saturated heterocycles. The van der Waals surface area contributed by atoms with Crippen molar-refractivity contribution in [2.24, 2.45) is 23.2 Å².